The van der Waals surface area contributed by atoms with Gasteiger partial charge in [0, 0.05) is 38.4 Å². The molecule has 28 heavy (non-hydrogen) atoms. The van der Waals surface area contributed by atoms with Crippen molar-refractivity contribution < 1.29 is 14.1 Å². The maximum absolute atomic E-state index is 12.3. The maximum Gasteiger partial charge on any atom is 0.246 e. The number of aromatic nitrogens is 2. The van der Waals surface area contributed by atoms with E-state index < -0.39 is 0 Å². The SMILES string of the molecule is CC(=O)NC[C@H]1CC[C@@H](CC(=O)NCc2nc(Cc3ccccc3)no2)N1C. The molecule has 1 fully saturated rings. The zero-order chi connectivity index (χ0) is 19.9. The Morgan fingerprint density at radius 2 is 1.93 bits per heavy atom. The minimum atomic E-state index is -0.0418. The number of likely N-dealkylation sites (tertiary alicyclic amines) is 1. The number of nitrogens with zero attached hydrogens (tertiary/aromatic N) is 3. The zero-order valence-corrected chi connectivity index (χ0v) is 16.4. The topological polar surface area (TPSA) is 100 Å². The van der Waals surface area contributed by atoms with Crippen molar-refractivity contribution >= 4 is 11.8 Å². The van der Waals surface area contributed by atoms with Crippen LogP contribution in [0.5, 0.6) is 0 Å². The van der Waals surface area contributed by atoms with Crippen molar-refractivity contribution in [3.05, 3.63) is 47.6 Å². The molecule has 1 aliphatic heterocycles. The smallest absolute Gasteiger partial charge is 0.246 e. The molecule has 0 bridgehead atoms. The van der Waals surface area contributed by atoms with Crippen LogP contribution in [0.3, 0.4) is 0 Å². The first-order valence-electron chi connectivity index (χ1n) is 9.59. The molecule has 2 atom stereocenters. The van der Waals surface area contributed by atoms with Gasteiger partial charge in [0.15, 0.2) is 5.82 Å². The standard InChI is InChI=1S/C20H27N5O3/c1-14(26)21-12-17-9-8-16(25(17)2)11-19(27)22-13-20-23-18(24-28-20)10-15-6-4-3-5-7-15/h3-7,16-17H,8-13H2,1-2H3,(H,21,26)(H,22,27)/t16-,17+/m0/s1. The number of amides is 2. The molecule has 2 N–H and O–H groups in total. The lowest BCUT2D eigenvalue weighted by Gasteiger charge is -2.25. The van der Waals surface area contributed by atoms with Crippen LogP contribution in [0.2, 0.25) is 0 Å². The molecule has 0 aliphatic carbocycles. The molecule has 8 nitrogen and oxygen atoms in total. The van der Waals surface area contributed by atoms with Crippen LogP contribution in [0.1, 0.15) is 43.5 Å². The van der Waals surface area contributed by atoms with Crippen molar-refractivity contribution in [2.45, 2.75) is 51.2 Å². The Balaban J connectivity index is 1.42. The second kappa shape index (κ2) is 9.45. The van der Waals surface area contributed by atoms with E-state index >= 15 is 0 Å². The number of benzene rings is 1. The number of hydrogen-bond acceptors (Lipinski definition) is 6. The fourth-order valence-electron chi connectivity index (χ4n) is 3.52. The summed E-state index contributed by atoms with van der Waals surface area (Å²) in [4.78, 5) is 29.9. The molecule has 2 heterocycles. The molecular weight excluding hydrogens is 358 g/mol. The average molecular weight is 385 g/mol. The van der Waals surface area contributed by atoms with Crippen LogP contribution in [0.15, 0.2) is 34.9 Å². The Labute approximate surface area is 164 Å². The van der Waals surface area contributed by atoms with Gasteiger partial charge in [0.1, 0.15) is 0 Å². The van der Waals surface area contributed by atoms with Crippen LogP contribution in [0.25, 0.3) is 0 Å². The predicted octanol–water partition coefficient (Wildman–Crippen LogP) is 1.27. The number of likely N-dealkylation sites (N-methyl/N-ethyl adjacent to an activating group) is 1. The number of carbonyl (C=O) groups excluding carboxylic acids is 2. The molecule has 150 valence electrons. The van der Waals surface area contributed by atoms with Crippen LogP contribution >= 0.6 is 0 Å². The molecule has 0 radical (unpaired) electrons. The minimum Gasteiger partial charge on any atom is -0.355 e. The van der Waals surface area contributed by atoms with Crippen LogP contribution in [0.4, 0.5) is 0 Å². The van der Waals surface area contributed by atoms with E-state index in [9.17, 15) is 9.59 Å². The third-order valence-corrected chi connectivity index (χ3v) is 5.14. The van der Waals surface area contributed by atoms with Gasteiger partial charge in [-0.25, -0.2) is 0 Å². The van der Waals surface area contributed by atoms with Gasteiger partial charge in [0.05, 0.1) is 6.54 Å². The van der Waals surface area contributed by atoms with E-state index in [1.807, 2.05) is 37.4 Å². The molecule has 0 spiro atoms. The van der Waals surface area contributed by atoms with E-state index in [1.165, 1.54) is 6.92 Å². The Kier molecular flexibility index (Phi) is 6.76. The van der Waals surface area contributed by atoms with Crippen molar-refractivity contribution in [2.75, 3.05) is 13.6 Å². The highest BCUT2D eigenvalue weighted by molar-refractivity contribution is 5.76. The van der Waals surface area contributed by atoms with E-state index in [1.54, 1.807) is 0 Å². The average Bonchev–Trinajstić information content (AvgIpc) is 3.26. The largest absolute Gasteiger partial charge is 0.355 e. The Hall–Kier alpha value is -2.74. The summed E-state index contributed by atoms with van der Waals surface area (Å²) in [6.45, 7) is 2.37. The van der Waals surface area contributed by atoms with E-state index in [0.29, 0.717) is 31.1 Å². The lowest BCUT2D eigenvalue weighted by molar-refractivity contribution is -0.122. The Bertz CT molecular complexity index is 792. The summed E-state index contributed by atoms with van der Waals surface area (Å²) >= 11 is 0. The van der Waals surface area contributed by atoms with Gasteiger partial charge in [0.2, 0.25) is 17.7 Å². The fourth-order valence-corrected chi connectivity index (χ4v) is 3.52. The van der Waals surface area contributed by atoms with E-state index in [4.69, 9.17) is 4.52 Å². The summed E-state index contributed by atoms with van der Waals surface area (Å²) < 4.78 is 5.22. The van der Waals surface area contributed by atoms with Gasteiger partial charge in [0.25, 0.3) is 0 Å². The zero-order valence-electron chi connectivity index (χ0n) is 16.4. The van der Waals surface area contributed by atoms with Gasteiger partial charge in [-0.05, 0) is 25.5 Å². The quantitative estimate of drug-likeness (QED) is 0.710. The normalized spacial score (nSPS) is 19.5. The lowest BCUT2D eigenvalue weighted by atomic mass is 10.1. The predicted molar refractivity (Wildman–Crippen MR) is 103 cm³/mol. The van der Waals surface area contributed by atoms with Crippen molar-refractivity contribution in [3.63, 3.8) is 0 Å². The molecule has 3 rings (SSSR count). The first-order valence-corrected chi connectivity index (χ1v) is 9.59. The van der Waals surface area contributed by atoms with Gasteiger partial charge < -0.3 is 15.2 Å². The first kappa shape index (κ1) is 20.0. The number of hydrogen-bond donors (Lipinski definition) is 2. The minimum absolute atomic E-state index is 0.0271. The molecule has 0 unspecified atom stereocenters. The highest BCUT2D eigenvalue weighted by atomic mass is 16.5. The van der Waals surface area contributed by atoms with Crippen molar-refractivity contribution in [2.24, 2.45) is 0 Å². The van der Waals surface area contributed by atoms with E-state index in [0.717, 1.165) is 18.4 Å². The molecule has 2 aromatic rings. The van der Waals surface area contributed by atoms with Crippen molar-refractivity contribution in [1.29, 1.82) is 0 Å². The summed E-state index contributed by atoms with van der Waals surface area (Å²) in [5.41, 5.74) is 1.11. The van der Waals surface area contributed by atoms with Crippen LogP contribution in [-0.4, -0.2) is 52.5 Å². The van der Waals surface area contributed by atoms with Gasteiger partial charge in [-0.3, -0.25) is 14.5 Å². The van der Waals surface area contributed by atoms with Crippen LogP contribution in [0, 0.1) is 0 Å². The van der Waals surface area contributed by atoms with Gasteiger partial charge in [-0.1, -0.05) is 35.5 Å². The summed E-state index contributed by atoms with van der Waals surface area (Å²) in [5.74, 6) is 0.940. The molecule has 1 aliphatic rings. The van der Waals surface area contributed by atoms with Gasteiger partial charge in [-0.15, -0.1) is 0 Å². The second-order valence-corrected chi connectivity index (χ2v) is 7.24. The molecule has 1 aromatic carbocycles. The molecule has 0 saturated carbocycles. The summed E-state index contributed by atoms with van der Waals surface area (Å²) in [6, 6.07) is 10.4. The Morgan fingerprint density at radius 1 is 1.18 bits per heavy atom. The highest BCUT2D eigenvalue weighted by Gasteiger charge is 2.31. The lowest BCUT2D eigenvalue weighted by Crippen LogP contribution is -2.41. The van der Waals surface area contributed by atoms with Gasteiger partial charge in [-0.2, -0.15) is 4.98 Å². The third-order valence-electron chi connectivity index (χ3n) is 5.14. The van der Waals surface area contributed by atoms with Crippen LogP contribution < -0.4 is 10.6 Å². The monoisotopic (exact) mass is 385 g/mol. The molecule has 2 amide bonds. The second-order valence-electron chi connectivity index (χ2n) is 7.24. The van der Waals surface area contributed by atoms with Crippen molar-refractivity contribution in [1.82, 2.24) is 25.7 Å². The number of carbonyl (C=O) groups is 2. The number of rotatable bonds is 8. The third kappa shape index (κ3) is 5.63. The maximum atomic E-state index is 12.3. The molecule has 1 saturated heterocycles. The first-order chi connectivity index (χ1) is 13.5. The molecule has 8 heteroatoms. The van der Waals surface area contributed by atoms with E-state index in [2.05, 4.69) is 25.7 Å². The highest BCUT2D eigenvalue weighted by Crippen LogP contribution is 2.24. The summed E-state index contributed by atoms with van der Waals surface area (Å²) in [6.07, 6.45) is 2.93. The number of nitrogens with one attached hydrogen (secondary N) is 2. The van der Waals surface area contributed by atoms with E-state index in [-0.39, 0.29) is 30.4 Å². The van der Waals surface area contributed by atoms with Crippen LogP contribution in [-0.2, 0) is 22.6 Å². The summed E-state index contributed by atoms with van der Waals surface area (Å²) in [7, 11) is 2.01. The molecule has 1 aromatic heterocycles. The summed E-state index contributed by atoms with van der Waals surface area (Å²) in [5, 5.41) is 9.68. The Morgan fingerprint density at radius 3 is 2.68 bits per heavy atom. The fraction of sp³-hybridized carbons (Fsp3) is 0.500. The molecular formula is C20H27N5O3. The van der Waals surface area contributed by atoms with Gasteiger partial charge >= 0.3 is 0 Å². The van der Waals surface area contributed by atoms with Crippen molar-refractivity contribution in [3.8, 4) is 0 Å².